The number of fused-ring (bicyclic) bond motifs is 1. The topological polar surface area (TPSA) is 48.5 Å². The molecule has 1 saturated heterocycles. The van der Waals surface area contributed by atoms with Gasteiger partial charge < -0.3 is 10.2 Å². The van der Waals surface area contributed by atoms with E-state index in [9.17, 15) is 4.79 Å². The second kappa shape index (κ2) is 9.58. The average Bonchev–Trinajstić information content (AvgIpc) is 3.23. The third kappa shape index (κ3) is 4.99. The van der Waals surface area contributed by atoms with E-state index < -0.39 is 0 Å². The maximum atomic E-state index is 12.1. The van der Waals surface area contributed by atoms with Crippen LogP contribution in [0.1, 0.15) is 23.1 Å². The van der Waals surface area contributed by atoms with Crippen molar-refractivity contribution in [3.05, 3.63) is 59.2 Å². The molecule has 4 rings (SSSR count). The fourth-order valence-electron chi connectivity index (χ4n) is 3.89. The maximum Gasteiger partial charge on any atom is 0.220 e. The molecule has 1 aromatic heterocycles. The molecule has 0 saturated carbocycles. The Balaban J connectivity index is 1.20. The second-order valence-electron chi connectivity index (χ2n) is 8.04. The van der Waals surface area contributed by atoms with Crippen LogP contribution in [0.5, 0.6) is 0 Å². The number of hydrogen-bond donors (Lipinski definition) is 1. The van der Waals surface area contributed by atoms with Crippen LogP contribution in [0.15, 0.2) is 42.5 Å². The summed E-state index contributed by atoms with van der Waals surface area (Å²) in [6, 6.07) is 14.5. The van der Waals surface area contributed by atoms with Crippen LogP contribution in [0.3, 0.4) is 0 Å². The Kier molecular flexibility index (Phi) is 6.65. The number of carbonyl (C=O) groups is 1. The summed E-state index contributed by atoms with van der Waals surface area (Å²) in [5.41, 5.74) is 4.92. The number of piperazine rings is 1. The summed E-state index contributed by atoms with van der Waals surface area (Å²) in [5, 5.41) is 4.20. The predicted molar refractivity (Wildman–Crippen MR) is 126 cm³/mol. The number of hydrogen-bond acceptors (Lipinski definition) is 5. The lowest BCUT2D eigenvalue weighted by Gasteiger charge is -2.34. The van der Waals surface area contributed by atoms with Crippen molar-refractivity contribution in [3.8, 4) is 0 Å². The molecule has 2 aromatic carbocycles. The third-order valence-corrected chi connectivity index (χ3v) is 7.06. The molecule has 0 radical (unpaired) electrons. The summed E-state index contributed by atoms with van der Waals surface area (Å²) in [6.45, 7) is 9.91. The third-order valence-electron chi connectivity index (χ3n) is 5.81. The summed E-state index contributed by atoms with van der Waals surface area (Å²) < 4.78 is 1.31. The first-order chi connectivity index (χ1) is 14.6. The molecule has 1 aliphatic rings. The van der Waals surface area contributed by atoms with Crippen LogP contribution in [0.25, 0.3) is 10.2 Å². The Morgan fingerprint density at radius 1 is 1.03 bits per heavy atom. The van der Waals surface area contributed by atoms with E-state index in [1.165, 1.54) is 21.4 Å². The number of amides is 1. The van der Waals surface area contributed by atoms with E-state index in [0.29, 0.717) is 13.0 Å². The second-order valence-corrected chi connectivity index (χ2v) is 9.02. The first-order valence-corrected chi connectivity index (χ1v) is 11.6. The molecule has 30 heavy (non-hydrogen) atoms. The van der Waals surface area contributed by atoms with Crippen molar-refractivity contribution in [2.75, 3.05) is 44.2 Å². The highest BCUT2D eigenvalue weighted by Crippen LogP contribution is 2.33. The number of anilines is 1. The standard InChI is InChI=1S/C24H30N4OS/c1-18-8-9-19(2)23-22(18)26-24(30-23)28-16-14-27(15-17-28)13-12-25-21(29)11-10-20-6-4-3-5-7-20/h3-9H,10-17H2,1-2H3,(H,25,29). The lowest BCUT2D eigenvalue weighted by molar-refractivity contribution is -0.121. The van der Waals surface area contributed by atoms with Gasteiger partial charge in [0.15, 0.2) is 5.13 Å². The van der Waals surface area contributed by atoms with Crippen molar-refractivity contribution >= 4 is 32.6 Å². The van der Waals surface area contributed by atoms with Crippen molar-refractivity contribution in [2.24, 2.45) is 0 Å². The molecule has 2 heterocycles. The molecular weight excluding hydrogens is 392 g/mol. The fourth-order valence-corrected chi connectivity index (χ4v) is 5.05. The van der Waals surface area contributed by atoms with Gasteiger partial charge in [-0.15, -0.1) is 0 Å². The number of nitrogens with zero attached hydrogens (tertiary/aromatic N) is 3. The molecule has 158 valence electrons. The number of benzene rings is 2. The van der Waals surface area contributed by atoms with Crippen LogP contribution >= 0.6 is 11.3 Å². The summed E-state index contributed by atoms with van der Waals surface area (Å²) in [7, 11) is 0. The molecule has 1 fully saturated rings. The number of rotatable bonds is 7. The van der Waals surface area contributed by atoms with E-state index in [1.807, 2.05) is 29.5 Å². The zero-order valence-corrected chi connectivity index (χ0v) is 18.7. The predicted octanol–water partition coefficient (Wildman–Crippen LogP) is 3.78. The molecule has 1 aliphatic heterocycles. The van der Waals surface area contributed by atoms with E-state index in [-0.39, 0.29) is 5.91 Å². The molecule has 5 nitrogen and oxygen atoms in total. The van der Waals surface area contributed by atoms with Gasteiger partial charge in [0.1, 0.15) is 0 Å². The Morgan fingerprint density at radius 2 is 1.77 bits per heavy atom. The normalized spacial score (nSPS) is 14.9. The number of nitrogens with one attached hydrogen (secondary N) is 1. The van der Waals surface area contributed by atoms with Gasteiger partial charge in [0.2, 0.25) is 5.91 Å². The zero-order chi connectivity index (χ0) is 20.9. The highest BCUT2D eigenvalue weighted by molar-refractivity contribution is 7.22. The molecule has 0 aliphatic carbocycles. The maximum absolute atomic E-state index is 12.1. The van der Waals surface area contributed by atoms with Gasteiger partial charge in [-0.3, -0.25) is 9.69 Å². The highest BCUT2D eigenvalue weighted by atomic mass is 32.1. The number of carbonyl (C=O) groups excluding carboxylic acids is 1. The Bertz CT molecular complexity index is 954. The van der Waals surface area contributed by atoms with Gasteiger partial charge in [0.05, 0.1) is 10.2 Å². The molecule has 0 unspecified atom stereocenters. The number of aromatic nitrogens is 1. The quantitative estimate of drug-likeness (QED) is 0.629. The van der Waals surface area contributed by atoms with Gasteiger partial charge in [0, 0.05) is 45.7 Å². The first kappa shape index (κ1) is 20.8. The van der Waals surface area contributed by atoms with E-state index in [4.69, 9.17) is 4.98 Å². The van der Waals surface area contributed by atoms with E-state index in [1.54, 1.807) is 0 Å². The van der Waals surface area contributed by atoms with Crippen LogP contribution < -0.4 is 10.2 Å². The largest absolute Gasteiger partial charge is 0.355 e. The van der Waals surface area contributed by atoms with Crippen LogP contribution in [0, 0.1) is 13.8 Å². The first-order valence-electron chi connectivity index (χ1n) is 10.7. The lowest BCUT2D eigenvalue weighted by atomic mass is 10.1. The van der Waals surface area contributed by atoms with E-state index >= 15 is 0 Å². The Hall–Kier alpha value is -2.44. The Morgan fingerprint density at radius 3 is 2.50 bits per heavy atom. The van der Waals surface area contributed by atoms with Crippen LogP contribution in [-0.2, 0) is 11.2 Å². The summed E-state index contributed by atoms with van der Waals surface area (Å²) >= 11 is 1.81. The smallest absolute Gasteiger partial charge is 0.220 e. The molecule has 0 atom stereocenters. The molecule has 0 spiro atoms. The number of aryl methyl sites for hydroxylation is 3. The minimum Gasteiger partial charge on any atom is -0.355 e. The molecule has 6 heteroatoms. The molecule has 3 aromatic rings. The SMILES string of the molecule is Cc1ccc(C)c2sc(N3CCN(CCNC(=O)CCc4ccccc4)CC3)nc12. The molecular formula is C24H30N4OS. The fraction of sp³-hybridized carbons (Fsp3) is 0.417. The lowest BCUT2D eigenvalue weighted by Crippen LogP contribution is -2.48. The summed E-state index contributed by atoms with van der Waals surface area (Å²) in [5.74, 6) is 0.137. The van der Waals surface area contributed by atoms with Crippen LogP contribution in [-0.4, -0.2) is 55.1 Å². The van der Waals surface area contributed by atoms with E-state index in [2.05, 4.69) is 53.2 Å². The Labute approximate surface area is 182 Å². The van der Waals surface area contributed by atoms with Crippen molar-refractivity contribution in [3.63, 3.8) is 0 Å². The van der Waals surface area contributed by atoms with Gasteiger partial charge in [0.25, 0.3) is 0 Å². The average molecular weight is 423 g/mol. The monoisotopic (exact) mass is 422 g/mol. The van der Waals surface area contributed by atoms with Gasteiger partial charge >= 0.3 is 0 Å². The van der Waals surface area contributed by atoms with Crippen LogP contribution in [0.4, 0.5) is 5.13 Å². The van der Waals surface area contributed by atoms with Gasteiger partial charge in [-0.1, -0.05) is 53.8 Å². The van der Waals surface area contributed by atoms with Crippen molar-refractivity contribution in [2.45, 2.75) is 26.7 Å². The zero-order valence-electron chi connectivity index (χ0n) is 17.9. The van der Waals surface area contributed by atoms with Crippen molar-refractivity contribution in [1.29, 1.82) is 0 Å². The minimum atomic E-state index is 0.137. The van der Waals surface area contributed by atoms with Crippen molar-refractivity contribution < 1.29 is 4.79 Å². The minimum absolute atomic E-state index is 0.137. The summed E-state index contributed by atoms with van der Waals surface area (Å²) in [6.07, 6.45) is 1.35. The molecule has 0 bridgehead atoms. The van der Waals surface area contributed by atoms with E-state index in [0.717, 1.165) is 49.8 Å². The highest BCUT2D eigenvalue weighted by Gasteiger charge is 2.20. The number of thiazole rings is 1. The van der Waals surface area contributed by atoms with Gasteiger partial charge in [-0.25, -0.2) is 4.98 Å². The van der Waals surface area contributed by atoms with Crippen molar-refractivity contribution in [1.82, 2.24) is 15.2 Å². The van der Waals surface area contributed by atoms with Gasteiger partial charge in [-0.05, 0) is 37.0 Å². The molecule has 1 N–H and O–H groups in total. The van der Waals surface area contributed by atoms with Crippen LogP contribution in [0.2, 0.25) is 0 Å². The van der Waals surface area contributed by atoms with Gasteiger partial charge in [-0.2, -0.15) is 0 Å². The summed E-state index contributed by atoms with van der Waals surface area (Å²) in [4.78, 5) is 21.8. The molecule has 1 amide bonds.